The van der Waals surface area contributed by atoms with Gasteiger partial charge in [0, 0.05) is 19.1 Å². The molecular formula is C10H18N2O. The van der Waals surface area contributed by atoms with Crippen LogP contribution in [0.15, 0.2) is 0 Å². The number of piperazine rings is 1. The normalized spacial score (nSPS) is 30.4. The van der Waals surface area contributed by atoms with E-state index in [1.807, 2.05) is 4.90 Å². The highest BCUT2D eigenvalue weighted by atomic mass is 16.2. The topological polar surface area (TPSA) is 23.6 Å². The molecule has 0 N–H and O–H groups in total. The van der Waals surface area contributed by atoms with Gasteiger partial charge in [-0.3, -0.25) is 9.69 Å². The van der Waals surface area contributed by atoms with Gasteiger partial charge in [-0.15, -0.1) is 0 Å². The van der Waals surface area contributed by atoms with Crippen LogP contribution in [0.4, 0.5) is 0 Å². The van der Waals surface area contributed by atoms with E-state index in [-0.39, 0.29) is 0 Å². The maximum Gasteiger partial charge on any atom is 0.236 e. The van der Waals surface area contributed by atoms with E-state index in [9.17, 15) is 4.79 Å². The fourth-order valence-electron chi connectivity index (χ4n) is 2.41. The molecule has 0 aliphatic carbocycles. The van der Waals surface area contributed by atoms with E-state index in [0.717, 1.165) is 19.6 Å². The molecule has 2 saturated heterocycles. The highest BCUT2D eigenvalue weighted by Crippen LogP contribution is 2.21. The van der Waals surface area contributed by atoms with Crippen molar-refractivity contribution in [2.75, 3.05) is 26.2 Å². The first kappa shape index (κ1) is 9.00. The summed E-state index contributed by atoms with van der Waals surface area (Å²) in [5, 5.41) is 0. The van der Waals surface area contributed by atoms with Gasteiger partial charge >= 0.3 is 0 Å². The molecule has 1 unspecified atom stereocenters. The van der Waals surface area contributed by atoms with Crippen LogP contribution in [-0.2, 0) is 4.79 Å². The van der Waals surface area contributed by atoms with E-state index in [2.05, 4.69) is 11.8 Å². The lowest BCUT2D eigenvalue weighted by molar-refractivity contribution is -0.139. The minimum atomic E-state index is 0.320. The van der Waals surface area contributed by atoms with E-state index >= 15 is 0 Å². The summed E-state index contributed by atoms with van der Waals surface area (Å²) in [6, 6.07) is 0.659. The summed E-state index contributed by atoms with van der Waals surface area (Å²) in [5.41, 5.74) is 0. The predicted molar refractivity (Wildman–Crippen MR) is 51.5 cm³/mol. The molecule has 0 aromatic carbocycles. The molecule has 0 aromatic heterocycles. The molecule has 2 aliphatic rings. The Labute approximate surface area is 79.7 Å². The Morgan fingerprint density at radius 1 is 1.46 bits per heavy atom. The van der Waals surface area contributed by atoms with Crippen LogP contribution >= 0.6 is 0 Å². The second-order valence-corrected chi connectivity index (χ2v) is 4.05. The van der Waals surface area contributed by atoms with Crippen molar-refractivity contribution in [1.82, 2.24) is 9.80 Å². The van der Waals surface area contributed by atoms with Gasteiger partial charge in [0.2, 0.25) is 5.91 Å². The fraction of sp³-hybridized carbons (Fsp3) is 0.900. The van der Waals surface area contributed by atoms with Gasteiger partial charge in [-0.05, 0) is 26.3 Å². The number of fused-ring (bicyclic) bond motifs is 1. The summed E-state index contributed by atoms with van der Waals surface area (Å²) in [5.74, 6) is 0.320. The maximum absolute atomic E-state index is 11.6. The molecule has 1 atom stereocenters. The third-order valence-electron chi connectivity index (χ3n) is 3.25. The second kappa shape index (κ2) is 3.66. The molecule has 3 heteroatoms. The van der Waals surface area contributed by atoms with Crippen molar-refractivity contribution in [2.24, 2.45) is 0 Å². The third-order valence-corrected chi connectivity index (χ3v) is 3.25. The predicted octanol–water partition coefficient (Wildman–Crippen LogP) is 0.703. The van der Waals surface area contributed by atoms with Crippen molar-refractivity contribution in [3.05, 3.63) is 0 Å². The van der Waals surface area contributed by atoms with E-state index < -0.39 is 0 Å². The SMILES string of the molecule is CCN1CC2CCCCN2CC1=O. The zero-order valence-electron chi connectivity index (χ0n) is 8.33. The lowest BCUT2D eigenvalue weighted by atomic mass is 9.99. The zero-order valence-corrected chi connectivity index (χ0v) is 8.33. The Morgan fingerprint density at radius 3 is 3.08 bits per heavy atom. The Morgan fingerprint density at radius 2 is 2.31 bits per heavy atom. The van der Waals surface area contributed by atoms with Crippen LogP contribution in [0.25, 0.3) is 0 Å². The molecule has 74 valence electrons. The monoisotopic (exact) mass is 182 g/mol. The summed E-state index contributed by atoms with van der Waals surface area (Å²) >= 11 is 0. The standard InChI is InChI=1S/C10H18N2O/c1-2-11-7-9-5-3-4-6-12(9)8-10(11)13/h9H,2-8H2,1H3. The molecule has 2 rings (SSSR count). The van der Waals surface area contributed by atoms with Crippen molar-refractivity contribution in [3.8, 4) is 0 Å². The summed E-state index contributed by atoms with van der Waals surface area (Å²) in [7, 11) is 0. The Hall–Kier alpha value is -0.570. The number of hydrogen-bond donors (Lipinski definition) is 0. The third kappa shape index (κ3) is 1.70. The summed E-state index contributed by atoms with van der Waals surface area (Å²) in [6.07, 6.45) is 3.90. The van der Waals surface area contributed by atoms with Crippen molar-refractivity contribution in [1.29, 1.82) is 0 Å². The average Bonchev–Trinajstić information content (AvgIpc) is 2.17. The molecule has 0 saturated carbocycles. The molecule has 0 bridgehead atoms. The van der Waals surface area contributed by atoms with Crippen LogP contribution < -0.4 is 0 Å². The molecule has 2 heterocycles. The van der Waals surface area contributed by atoms with Crippen LogP contribution in [-0.4, -0.2) is 47.9 Å². The number of piperidine rings is 1. The molecule has 0 radical (unpaired) electrons. The highest BCUT2D eigenvalue weighted by molar-refractivity contribution is 5.79. The minimum Gasteiger partial charge on any atom is -0.340 e. The first-order chi connectivity index (χ1) is 6.31. The van der Waals surface area contributed by atoms with E-state index in [0.29, 0.717) is 18.5 Å². The number of amides is 1. The fourth-order valence-corrected chi connectivity index (χ4v) is 2.41. The molecule has 2 aliphatic heterocycles. The van der Waals surface area contributed by atoms with Crippen LogP contribution in [0.2, 0.25) is 0 Å². The average molecular weight is 182 g/mol. The molecule has 3 nitrogen and oxygen atoms in total. The minimum absolute atomic E-state index is 0.320. The van der Waals surface area contributed by atoms with Gasteiger partial charge < -0.3 is 4.90 Å². The highest BCUT2D eigenvalue weighted by Gasteiger charge is 2.32. The van der Waals surface area contributed by atoms with E-state index in [4.69, 9.17) is 0 Å². The molecular weight excluding hydrogens is 164 g/mol. The summed E-state index contributed by atoms with van der Waals surface area (Å²) < 4.78 is 0. The smallest absolute Gasteiger partial charge is 0.236 e. The number of carbonyl (C=O) groups excluding carboxylic acids is 1. The zero-order chi connectivity index (χ0) is 9.26. The van der Waals surface area contributed by atoms with Crippen molar-refractivity contribution >= 4 is 5.91 Å². The van der Waals surface area contributed by atoms with Crippen LogP contribution in [0.3, 0.4) is 0 Å². The molecule has 0 spiro atoms. The first-order valence-corrected chi connectivity index (χ1v) is 5.33. The second-order valence-electron chi connectivity index (χ2n) is 4.05. The molecule has 1 amide bonds. The lowest BCUT2D eigenvalue weighted by Gasteiger charge is -2.43. The number of likely N-dealkylation sites (N-methyl/N-ethyl adjacent to an activating group) is 1. The Bertz CT molecular complexity index is 205. The molecule has 0 aromatic rings. The van der Waals surface area contributed by atoms with Gasteiger partial charge in [-0.2, -0.15) is 0 Å². The van der Waals surface area contributed by atoms with Gasteiger partial charge in [0.15, 0.2) is 0 Å². The molecule has 13 heavy (non-hydrogen) atoms. The van der Waals surface area contributed by atoms with Crippen LogP contribution in [0.5, 0.6) is 0 Å². The number of rotatable bonds is 1. The van der Waals surface area contributed by atoms with Crippen molar-refractivity contribution in [2.45, 2.75) is 32.2 Å². The van der Waals surface area contributed by atoms with Gasteiger partial charge in [-0.25, -0.2) is 0 Å². The Balaban J connectivity index is 2.01. The summed E-state index contributed by atoms with van der Waals surface area (Å²) in [6.45, 7) is 5.71. The number of hydrogen-bond acceptors (Lipinski definition) is 2. The van der Waals surface area contributed by atoms with Gasteiger partial charge in [0.1, 0.15) is 0 Å². The number of nitrogens with zero attached hydrogens (tertiary/aromatic N) is 2. The van der Waals surface area contributed by atoms with Crippen molar-refractivity contribution < 1.29 is 4.79 Å². The maximum atomic E-state index is 11.6. The first-order valence-electron chi connectivity index (χ1n) is 5.33. The van der Waals surface area contributed by atoms with E-state index in [1.54, 1.807) is 0 Å². The van der Waals surface area contributed by atoms with Gasteiger partial charge in [0.25, 0.3) is 0 Å². The lowest BCUT2D eigenvalue weighted by Crippen LogP contribution is -2.57. The Kier molecular flexibility index (Phi) is 2.54. The molecule has 2 fully saturated rings. The van der Waals surface area contributed by atoms with Gasteiger partial charge in [-0.1, -0.05) is 6.42 Å². The van der Waals surface area contributed by atoms with E-state index in [1.165, 1.54) is 19.3 Å². The summed E-state index contributed by atoms with van der Waals surface area (Å²) in [4.78, 5) is 15.9. The van der Waals surface area contributed by atoms with Crippen molar-refractivity contribution in [3.63, 3.8) is 0 Å². The number of carbonyl (C=O) groups is 1. The van der Waals surface area contributed by atoms with Crippen LogP contribution in [0.1, 0.15) is 26.2 Å². The quantitative estimate of drug-likeness (QED) is 0.596. The van der Waals surface area contributed by atoms with Crippen LogP contribution in [0, 0.1) is 0 Å². The largest absolute Gasteiger partial charge is 0.340 e. The van der Waals surface area contributed by atoms with Gasteiger partial charge in [0.05, 0.1) is 6.54 Å².